The number of aliphatic hydroxyl groups excluding tert-OH is 1. The number of nitrogens with one attached hydrogen (secondary N) is 1. The first-order valence-electron chi connectivity index (χ1n) is 6.91. The van der Waals surface area contributed by atoms with Crippen molar-refractivity contribution in [1.82, 2.24) is 5.32 Å². The molecule has 2 atom stereocenters. The van der Waals surface area contributed by atoms with Crippen LogP contribution >= 0.6 is 11.3 Å². The normalized spacial score (nSPS) is 13.9. The molecule has 21 heavy (non-hydrogen) atoms. The van der Waals surface area contributed by atoms with Crippen molar-refractivity contribution in [2.45, 2.75) is 32.0 Å². The van der Waals surface area contributed by atoms with Gasteiger partial charge in [0.2, 0.25) is 0 Å². The summed E-state index contributed by atoms with van der Waals surface area (Å²) in [4.78, 5) is 0.991. The van der Waals surface area contributed by atoms with Crippen LogP contribution < -0.4 is 10.1 Å². The highest BCUT2D eigenvalue weighted by atomic mass is 32.1. The van der Waals surface area contributed by atoms with Crippen LogP contribution in [0.4, 0.5) is 0 Å². The number of aromatic hydroxyl groups is 1. The van der Waals surface area contributed by atoms with Gasteiger partial charge in [-0.15, -0.1) is 11.3 Å². The molecule has 4 nitrogen and oxygen atoms in total. The highest BCUT2D eigenvalue weighted by Gasteiger charge is 2.13. The molecule has 2 rings (SSSR count). The molecule has 1 heterocycles. The summed E-state index contributed by atoms with van der Waals surface area (Å²) in [7, 11) is 1.53. The zero-order valence-electron chi connectivity index (χ0n) is 12.2. The number of aliphatic hydroxyl groups is 1. The molecule has 0 aliphatic rings. The largest absolute Gasteiger partial charge is 0.504 e. The molecule has 114 valence electrons. The summed E-state index contributed by atoms with van der Waals surface area (Å²) >= 11 is 1.57. The van der Waals surface area contributed by atoms with Crippen molar-refractivity contribution in [1.29, 1.82) is 0 Å². The van der Waals surface area contributed by atoms with Crippen molar-refractivity contribution in [3.8, 4) is 11.5 Å². The Balaban J connectivity index is 1.83. The number of ether oxygens (including phenoxy) is 1. The predicted octanol–water partition coefficient (Wildman–Crippen LogP) is 3.06. The molecule has 3 N–H and O–H groups in total. The van der Waals surface area contributed by atoms with Gasteiger partial charge in [0.25, 0.3) is 0 Å². The summed E-state index contributed by atoms with van der Waals surface area (Å²) < 4.78 is 5.02. The molecule has 0 spiro atoms. The lowest BCUT2D eigenvalue weighted by molar-refractivity contribution is 0.157. The maximum absolute atomic E-state index is 10.1. The molecular weight excluding hydrogens is 286 g/mol. The number of methoxy groups -OCH3 is 1. The van der Waals surface area contributed by atoms with Crippen LogP contribution in [0.5, 0.6) is 11.5 Å². The maximum Gasteiger partial charge on any atom is 0.160 e. The fraction of sp³-hybridized carbons (Fsp3) is 0.375. The molecule has 2 unspecified atom stereocenters. The second-order valence-corrected chi connectivity index (χ2v) is 6.03. The molecule has 0 bridgehead atoms. The second kappa shape index (κ2) is 7.45. The molecule has 0 aliphatic carbocycles. The molecule has 0 saturated heterocycles. The molecule has 2 aromatic rings. The van der Waals surface area contributed by atoms with E-state index in [1.807, 2.05) is 30.5 Å². The third kappa shape index (κ3) is 4.46. The molecule has 1 aromatic carbocycles. The van der Waals surface area contributed by atoms with Crippen LogP contribution in [-0.2, 0) is 6.54 Å². The molecule has 0 radical (unpaired) electrons. The van der Waals surface area contributed by atoms with Gasteiger partial charge in [-0.25, -0.2) is 0 Å². The Morgan fingerprint density at radius 2 is 2.14 bits per heavy atom. The molecule has 0 amide bonds. The van der Waals surface area contributed by atoms with E-state index in [-0.39, 0.29) is 11.8 Å². The summed E-state index contributed by atoms with van der Waals surface area (Å²) in [5.41, 5.74) is 0.978. The van der Waals surface area contributed by atoms with Crippen LogP contribution in [0.15, 0.2) is 35.7 Å². The molecule has 5 heteroatoms. The minimum absolute atomic E-state index is 0.142. The van der Waals surface area contributed by atoms with E-state index in [0.29, 0.717) is 18.7 Å². The van der Waals surface area contributed by atoms with Crippen LogP contribution in [0.25, 0.3) is 0 Å². The molecule has 1 aromatic heterocycles. The number of thiophene rings is 1. The second-order valence-electron chi connectivity index (χ2n) is 5.06. The van der Waals surface area contributed by atoms with Crippen molar-refractivity contribution >= 4 is 11.3 Å². The number of phenolic OH excluding ortho intramolecular Hbond substituents is 1. The Labute approximate surface area is 129 Å². The number of hydrogen-bond acceptors (Lipinski definition) is 5. The topological polar surface area (TPSA) is 61.7 Å². The Hall–Kier alpha value is -1.56. The third-order valence-corrected chi connectivity index (χ3v) is 4.32. The smallest absolute Gasteiger partial charge is 0.160 e. The zero-order chi connectivity index (χ0) is 15.2. The van der Waals surface area contributed by atoms with Crippen molar-refractivity contribution in [3.05, 3.63) is 46.2 Å². The summed E-state index contributed by atoms with van der Waals surface area (Å²) in [6.07, 6.45) is 0.222. The fourth-order valence-corrected chi connectivity index (χ4v) is 2.88. The van der Waals surface area contributed by atoms with Gasteiger partial charge in [-0.1, -0.05) is 12.1 Å². The van der Waals surface area contributed by atoms with Crippen LogP contribution in [0.3, 0.4) is 0 Å². The van der Waals surface area contributed by atoms with Gasteiger partial charge in [0.15, 0.2) is 11.5 Å². The lowest BCUT2D eigenvalue weighted by atomic mass is 10.1. The maximum atomic E-state index is 10.1. The average molecular weight is 307 g/mol. The van der Waals surface area contributed by atoms with E-state index >= 15 is 0 Å². The van der Waals surface area contributed by atoms with Gasteiger partial charge in [-0.2, -0.15) is 0 Å². The summed E-state index contributed by atoms with van der Waals surface area (Å²) in [5, 5.41) is 25.2. The van der Waals surface area contributed by atoms with Crippen molar-refractivity contribution < 1.29 is 14.9 Å². The lowest BCUT2D eigenvalue weighted by Gasteiger charge is -2.17. The van der Waals surface area contributed by atoms with E-state index in [1.165, 1.54) is 7.11 Å². The Morgan fingerprint density at radius 3 is 2.76 bits per heavy atom. The summed E-state index contributed by atoms with van der Waals surface area (Å²) in [6, 6.07) is 9.41. The fourth-order valence-electron chi connectivity index (χ4n) is 2.15. The third-order valence-electron chi connectivity index (χ3n) is 3.35. The van der Waals surface area contributed by atoms with E-state index in [4.69, 9.17) is 4.74 Å². The monoisotopic (exact) mass is 307 g/mol. The lowest BCUT2D eigenvalue weighted by Crippen LogP contribution is -2.27. The zero-order valence-corrected chi connectivity index (χ0v) is 13.1. The first-order chi connectivity index (χ1) is 10.1. The van der Waals surface area contributed by atoms with Gasteiger partial charge in [-0.05, 0) is 42.5 Å². The van der Waals surface area contributed by atoms with Crippen LogP contribution in [0, 0.1) is 0 Å². The van der Waals surface area contributed by atoms with Crippen LogP contribution in [0.1, 0.15) is 29.9 Å². The molecular formula is C16H21NO3S. The van der Waals surface area contributed by atoms with E-state index in [2.05, 4.69) is 5.32 Å². The Morgan fingerprint density at radius 1 is 1.33 bits per heavy atom. The summed E-state index contributed by atoms with van der Waals surface area (Å²) in [6.45, 7) is 2.68. The van der Waals surface area contributed by atoms with Gasteiger partial charge < -0.3 is 20.3 Å². The summed E-state index contributed by atoms with van der Waals surface area (Å²) in [5.74, 6) is 0.614. The minimum atomic E-state index is -0.434. The van der Waals surface area contributed by atoms with Gasteiger partial charge in [0, 0.05) is 17.5 Å². The van der Waals surface area contributed by atoms with Crippen molar-refractivity contribution in [2.24, 2.45) is 0 Å². The quantitative estimate of drug-likeness (QED) is 0.736. The Bertz CT molecular complexity index is 557. The van der Waals surface area contributed by atoms with Crippen molar-refractivity contribution in [2.75, 3.05) is 7.11 Å². The molecule has 0 fully saturated rings. The van der Waals surface area contributed by atoms with Gasteiger partial charge in [0.1, 0.15) is 0 Å². The number of rotatable bonds is 7. The standard InChI is InChI=1S/C16H21NO3S/c1-11(8-14(19)16-4-3-7-21-16)17-10-12-5-6-15(20-2)13(18)9-12/h3-7,9,11,14,17-19H,8,10H2,1-2H3. The highest BCUT2D eigenvalue weighted by Crippen LogP contribution is 2.26. The minimum Gasteiger partial charge on any atom is -0.504 e. The molecule has 0 aliphatic heterocycles. The first-order valence-corrected chi connectivity index (χ1v) is 7.79. The van der Waals surface area contributed by atoms with Crippen LogP contribution in [-0.4, -0.2) is 23.4 Å². The van der Waals surface area contributed by atoms with Crippen molar-refractivity contribution in [3.63, 3.8) is 0 Å². The first kappa shape index (κ1) is 15.8. The predicted molar refractivity (Wildman–Crippen MR) is 84.9 cm³/mol. The molecule has 0 saturated carbocycles. The van der Waals surface area contributed by atoms with E-state index in [1.54, 1.807) is 23.5 Å². The van der Waals surface area contributed by atoms with Gasteiger partial charge in [-0.3, -0.25) is 0 Å². The van der Waals surface area contributed by atoms with E-state index < -0.39 is 6.10 Å². The van der Waals surface area contributed by atoms with Gasteiger partial charge in [0.05, 0.1) is 13.2 Å². The Kier molecular flexibility index (Phi) is 5.61. The SMILES string of the molecule is COc1ccc(CNC(C)CC(O)c2cccs2)cc1O. The number of hydrogen-bond donors (Lipinski definition) is 3. The van der Waals surface area contributed by atoms with Gasteiger partial charge >= 0.3 is 0 Å². The number of benzene rings is 1. The van der Waals surface area contributed by atoms with Crippen LogP contribution in [0.2, 0.25) is 0 Å². The van der Waals surface area contributed by atoms with E-state index in [0.717, 1.165) is 10.4 Å². The highest BCUT2D eigenvalue weighted by molar-refractivity contribution is 7.10. The number of phenols is 1. The average Bonchev–Trinajstić information content (AvgIpc) is 2.99. The van der Waals surface area contributed by atoms with E-state index in [9.17, 15) is 10.2 Å².